The number of hydrogen-bond acceptors (Lipinski definition) is 12. The number of hydrogen-bond donors (Lipinski definition) is 3. The molecule has 7 heterocycles. The van der Waals surface area contributed by atoms with Crippen LogP contribution in [0.3, 0.4) is 0 Å². The topological polar surface area (TPSA) is 206 Å². The Bertz CT molecular complexity index is 2680. The van der Waals surface area contributed by atoms with E-state index in [1.807, 2.05) is 24.9 Å². The molecule has 0 radical (unpaired) electrons. The minimum absolute atomic E-state index is 0.0239. The van der Waals surface area contributed by atoms with Crippen LogP contribution in [-0.2, 0) is 34.5 Å². The van der Waals surface area contributed by atoms with E-state index in [0.717, 1.165) is 39.9 Å². The summed E-state index contributed by atoms with van der Waals surface area (Å²) in [5.74, 6) is -1.24. The van der Waals surface area contributed by atoms with E-state index in [1.165, 1.54) is 0 Å². The van der Waals surface area contributed by atoms with Crippen LogP contribution in [0, 0.1) is 12.8 Å². The molecule has 5 aromatic rings. The van der Waals surface area contributed by atoms with Crippen molar-refractivity contribution in [2.75, 3.05) is 50.0 Å². The Balaban J connectivity index is 0.830. The number of anilines is 2. The van der Waals surface area contributed by atoms with E-state index >= 15 is 0 Å². The number of nitrogens with zero attached hydrogens (tertiary/aromatic N) is 8. The number of aromatic nitrogens is 5. The van der Waals surface area contributed by atoms with E-state index in [1.54, 1.807) is 41.2 Å². The molecule has 1 unspecified atom stereocenters. The predicted octanol–water partition coefficient (Wildman–Crippen LogP) is 3.75. The van der Waals surface area contributed by atoms with Crippen molar-refractivity contribution in [3.63, 3.8) is 0 Å². The summed E-state index contributed by atoms with van der Waals surface area (Å²) in [6.45, 7) is 8.61. The van der Waals surface area contributed by atoms with Gasteiger partial charge in [0.1, 0.15) is 6.04 Å². The fraction of sp³-hybridized carbons (Fsp3) is 0.400. The van der Waals surface area contributed by atoms with Gasteiger partial charge in [0.15, 0.2) is 0 Å². The van der Waals surface area contributed by atoms with Gasteiger partial charge in [0.05, 0.1) is 46.2 Å². The van der Waals surface area contributed by atoms with Gasteiger partial charge in [-0.25, -0.2) is 9.67 Å². The molecule has 2 atom stereocenters. The van der Waals surface area contributed by atoms with Gasteiger partial charge in [0, 0.05) is 82.6 Å². The maximum atomic E-state index is 13.8. The van der Waals surface area contributed by atoms with E-state index in [0.29, 0.717) is 80.3 Å². The minimum Gasteiger partial charge on any atom is -0.477 e. The Morgan fingerprint density at radius 1 is 0.937 bits per heavy atom. The lowest BCUT2D eigenvalue weighted by Gasteiger charge is -2.35. The first-order chi connectivity index (χ1) is 30.4. The van der Waals surface area contributed by atoms with E-state index in [2.05, 4.69) is 49.6 Å². The summed E-state index contributed by atoms with van der Waals surface area (Å²) < 4.78 is 10.0. The fourth-order valence-corrected chi connectivity index (χ4v) is 8.97. The van der Waals surface area contributed by atoms with Crippen molar-refractivity contribution < 1.29 is 33.5 Å². The van der Waals surface area contributed by atoms with Crippen LogP contribution in [0.1, 0.15) is 81.4 Å². The summed E-state index contributed by atoms with van der Waals surface area (Å²) in [4.78, 5) is 92.7. The lowest BCUT2D eigenvalue weighted by Crippen LogP contribution is -2.54. The molecular formula is C45H49N11O7. The van der Waals surface area contributed by atoms with E-state index < -0.39 is 29.7 Å². The Kier molecular flexibility index (Phi) is 11.2. The molecule has 6 amide bonds. The average molecular weight is 856 g/mol. The number of benzene rings is 2. The Labute approximate surface area is 362 Å². The van der Waals surface area contributed by atoms with E-state index in [-0.39, 0.29) is 54.7 Å². The number of ether oxygens (including phenoxy) is 1. The van der Waals surface area contributed by atoms with Gasteiger partial charge in [0.25, 0.3) is 17.7 Å². The molecule has 18 nitrogen and oxygen atoms in total. The van der Waals surface area contributed by atoms with Gasteiger partial charge in [-0.15, -0.1) is 0 Å². The number of piperazine rings is 1. The molecule has 3 aromatic heterocycles. The highest BCUT2D eigenvalue weighted by atomic mass is 16.5. The molecular weight excluding hydrogens is 807 g/mol. The monoisotopic (exact) mass is 855 g/mol. The molecule has 2 saturated heterocycles. The van der Waals surface area contributed by atoms with Gasteiger partial charge in [-0.3, -0.25) is 54.2 Å². The second kappa shape index (κ2) is 17.1. The predicted molar refractivity (Wildman–Crippen MR) is 231 cm³/mol. The first-order valence-electron chi connectivity index (χ1n) is 21.4. The van der Waals surface area contributed by atoms with Crippen LogP contribution in [-0.4, -0.2) is 120 Å². The quantitative estimate of drug-likeness (QED) is 0.200. The normalized spacial score (nSPS) is 19.7. The lowest BCUT2D eigenvalue weighted by molar-refractivity contribution is -0.136. The van der Waals surface area contributed by atoms with Crippen LogP contribution in [0.5, 0.6) is 5.88 Å². The summed E-state index contributed by atoms with van der Waals surface area (Å²) >= 11 is 0. The van der Waals surface area contributed by atoms with Gasteiger partial charge in [-0.05, 0) is 74.1 Å². The molecule has 4 aliphatic rings. The molecule has 18 heteroatoms. The molecule has 326 valence electrons. The second-order valence-corrected chi connectivity index (χ2v) is 16.8. The molecule has 0 saturated carbocycles. The standard InChI is InChI=1S/C45H49N11O7/c1-26-6-5-19-63-44-31(23-47-52(44)3)34-22-29(20-27(2)48-34)40(59)51-45-49-32-10-9-28(21-36(32)55(45)24-26)25-53-15-17-54(18-16-53)38(58)13-14-46-33-8-4-7-30-39(33)43(62)56(42(30)61)35-11-12-37(57)50-41(35)60/h4,7-10,20-23,26,35,46H,5-6,11-19,24-25H2,1-3H3,(H,49,51,59)(H,50,57,60)/t26-,35?/m1/s1. The van der Waals surface area contributed by atoms with Gasteiger partial charge < -0.3 is 19.5 Å². The van der Waals surface area contributed by atoms with Crippen LogP contribution < -0.4 is 20.7 Å². The van der Waals surface area contributed by atoms with Gasteiger partial charge in [0.2, 0.25) is 29.5 Å². The van der Waals surface area contributed by atoms with Crippen molar-refractivity contribution in [2.24, 2.45) is 13.0 Å². The maximum Gasteiger partial charge on any atom is 0.264 e. The summed E-state index contributed by atoms with van der Waals surface area (Å²) in [5.41, 5.74) is 6.05. The van der Waals surface area contributed by atoms with Crippen molar-refractivity contribution in [3.05, 3.63) is 82.7 Å². The van der Waals surface area contributed by atoms with E-state index in [9.17, 15) is 28.8 Å². The van der Waals surface area contributed by atoms with Crippen LogP contribution in [0.2, 0.25) is 0 Å². The second-order valence-electron chi connectivity index (χ2n) is 16.8. The van der Waals surface area contributed by atoms with Crippen LogP contribution in [0.4, 0.5) is 11.6 Å². The molecule has 3 N–H and O–H groups in total. The first kappa shape index (κ1) is 41.4. The Morgan fingerprint density at radius 3 is 2.57 bits per heavy atom. The zero-order chi connectivity index (χ0) is 43.9. The summed E-state index contributed by atoms with van der Waals surface area (Å²) in [5, 5.41) is 12.9. The fourth-order valence-electron chi connectivity index (χ4n) is 8.97. The van der Waals surface area contributed by atoms with Gasteiger partial charge in [-0.1, -0.05) is 19.1 Å². The van der Waals surface area contributed by atoms with Crippen LogP contribution in [0.25, 0.3) is 22.3 Å². The third-order valence-corrected chi connectivity index (χ3v) is 12.2. The van der Waals surface area contributed by atoms with Crippen molar-refractivity contribution in [3.8, 4) is 17.1 Å². The third kappa shape index (κ3) is 8.25. The average Bonchev–Trinajstić information content (AvgIpc) is 3.88. The number of imidazole rings is 1. The number of piperidine rings is 1. The molecule has 4 aliphatic heterocycles. The SMILES string of the molecule is Cc1cc2cc(n1)-c1cnn(C)c1OCCC[C@@H](C)Cn1c(nc3ccc(CN4CCN(C(=O)CCNc5cccc6c5C(=O)N(C5CCC(=O)NC5=O)C6=O)CC4)cc31)NC2=O. The molecule has 9 rings (SSSR count). The van der Waals surface area contributed by atoms with Gasteiger partial charge in [-0.2, -0.15) is 5.10 Å². The number of carbonyl (C=O) groups is 6. The van der Waals surface area contributed by atoms with Crippen molar-refractivity contribution in [1.29, 1.82) is 0 Å². The molecule has 2 bridgehead atoms. The van der Waals surface area contributed by atoms with Crippen molar-refractivity contribution >= 4 is 58.1 Å². The number of nitrogens with one attached hydrogen (secondary N) is 3. The number of amides is 6. The maximum absolute atomic E-state index is 13.8. The van der Waals surface area contributed by atoms with E-state index in [4.69, 9.17) is 14.7 Å². The number of fused-ring (bicyclic) bond motifs is 8. The van der Waals surface area contributed by atoms with Crippen molar-refractivity contribution in [1.82, 2.24) is 44.3 Å². The minimum atomic E-state index is -1.06. The summed E-state index contributed by atoms with van der Waals surface area (Å²) in [7, 11) is 1.83. The smallest absolute Gasteiger partial charge is 0.264 e. The Morgan fingerprint density at radius 2 is 1.76 bits per heavy atom. The van der Waals surface area contributed by atoms with Crippen LogP contribution in [0.15, 0.2) is 54.7 Å². The highest BCUT2D eigenvalue weighted by Gasteiger charge is 2.45. The largest absolute Gasteiger partial charge is 0.477 e. The zero-order valence-corrected chi connectivity index (χ0v) is 35.5. The highest BCUT2D eigenvalue weighted by Crippen LogP contribution is 2.34. The summed E-state index contributed by atoms with van der Waals surface area (Å²) in [6.07, 6.45) is 3.73. The molecule has 63 heavy (non-hydrogen) atoms. The van der Waals surface area contributed by atoms with Gasteiger partial charge >= 0.3 is 0 Å². The summed E-state index contributed by atoms with van der Waals surface area (Å²) in [6, 6.07) is 13.5. The van der Waals surface area contributed by atoms with Crippen molar-refractivity contribution in [2.45, 2.75) is 65.1 Å². The number of pyridine rings is 1. The number of aryl methyl sites for hydroxylation is 2. The third-order valence-electron chi connectivity index (χ3n) is 12.2. The highest BCUT2D eigenvalue weighted by molar-refractivity contribution is 6.25. The molecule has 0 aliphatic carbocycles. The Hall–Kier alpha value is -6.95. The number of imide groups is 2. The number of rotatable bonds is 7. The van der Waals surface area contributed by atoms with Crippen LogP contribution >= 0.6 is 0 Å². The zero-order valence-electron chi connectivity index (χ0n) is 35.5. The molecule has 2 fully saturated rings. The first-order valence-corrected chi connectivity index (χ1v) is 21.4. The lowest BCUT2D eigenvalue weighted by atomic mass is 10.0. The number of carbonyl (C=O) groups excluding carboxylic acids is 6. The molecule has 2 aromatic carbocycles. The molecule has 0 spiro atoms.